The number of pyridine rings is 1. The van der Waals surface area contributed by atoms with E-state index < -0.39 is 11.5 Å². The molecule has 2 heterocycles. The summed E-state index contributed by atoms with van der Waals surface area (Å²) in [6.07, 6.45) is 2.55. The number of carboxylic acids is 1. The Labute approximate surface area is 110 Å². The number of aromatic nitrogens is 1. The van der Waals surface area contributed by atoms with Crippen molar-refractivity contribution < 1.29 is 14.7 Å². The SMILES string of the molecule is Cn1cc(C(=O)N2CCC[C@@]2(C)C(=O)O)ccc1=O. The van der Waals surface area contributed by atoms with Crippen LogP contribution in [0.15, 0.2) is 23.1 Å². The van der Waals surface area contributed by atoms with Crippen LogP contribution in [-0.4, -0.2) is 38.5 Å². The molecule has 1 aromatic heterocycles. The summed E-state index contributed by atoms with van der Waals surface area (Å²) in [7, 11) is 1.56. The van der Waals surface area contributed by atoms with E-state index in [1.54, 1.807) is 14.0 Å². The summed E-state index contributed by atoms with van der Waals surface area (Å²) in [5, 5.41) is 9.29. The van der Waals surface area contributed by atoms with Crippen LogP contribution in [0.25, 0.3) is 0 Å². The first kappa shape index (κ1) is 13.3. The van der Waals surface area contributed by atoms with Crippen molar-refractivity contribution in [2.24, 2.45) is 7.05 Å². The molecule has 1 aliphatic heterocycles. The summed E-state index contributed by atoms with van der Waals surface area (Å²) in [4.78, 5) is 36.4. The quantitative estimate of drug-likeness (QED) is 0.841. The van der Waals surface area contributed by atoms with Crippen molar-refractivity contribution in [3.63, 3.8) is 0 Å². The summed E-state index contributed by atoms with van der Waals surface area (Å²) < 4.78 is 1.31. The zero-order valence-corrected chi connectivity index (χ0v) is 10.9. The topological polar surface area (TPSA) is 79.6 Å². The van der Waals surface area contributed by atoms with Crippen molar-refractivity contribution in [1.82, 2.24) is 9.47 Å². The van der Waals surface area contributed by atoms with Gasteiger partial charge in [-0.3, -0.25) is 9.59 Å². The lowest BCUT2D eigenvalue weighted by Gasteiger charge is -2.31. The number of nitrogens with zero attached hydrogens (tertiary/aromatic N) is 2. The molecule has 1 aliphatic rings. The Morgan fingerprint density at radius 3 is 2.63 bits per heavy atom. The maximum Gasteiger partial charge on any atom is 0.329 e. The van der Waals surface area contributed by atoms with E-state index in [-0.39, 0.29) is 11.5 Å². The third kappa shape index (κ3) is 2.14. The number of hydrogen-bond donors (Lipinski definition) is 1. The Balaban J connectivity index is 2.36. The lowest BCUT2D eigenvalue weighted by Crippen LogP contribution is -2.50. The van der Waals surface area contributed by atoms with Gasteiger partial charge in [0.25, 0.3) is 5.91 Å². The summed E-state index contributed by atoms with van der Waals surface area (Å²) in [6.45, 7) is 1.98. The predicted molar refractivity (Wildman–Crippen MR) is 68.0 cm³/mol. The van der Waals surface area contributed by atoms with Gasteiger partial charge in [-0.15, -0.1) is 0 Å². The molecule has 0 radical (unpaired) electrons. The third-order valence-corrected chi connectivity index (χ3v) is 3.68. The number of aliphatic carboxylic acids is 1. The average Bonchev–Trinajstić information content (AvgIpc) is 2.75. The lowest BCUT2D eigenvalue weighted by atomic mass is 9.99. The minimum Gasteiger partial charge on any atom is -0.480 e. The van der Waals surface area contributed by atoms with Gasteiger partial charge < -0.3 is 14.6 Å². The predicted octanol–water partition coefficient (Wildman–Crippen LogP) is 0.465. The van der Waals surface area contributed by atoms with Gasteiger partial charge in [-0.25, -0.2) is 4.79 Å². The van der Waals surface area contributed by atoms with E-state index in [0.717, 1.165) is 0 Å². The van der Waals surface area contributed by atoms with E-state index >= 15 is 0 Å². The summed E-state index contributed by atoms with van der Waals surface area (Å²) in [5.74, 6) is -1.35. The number of hydrogen-bond acceptors (Lipinski definition) is 3. The first-order chi connectivity index (χ1) is 8.86. The minimum absolute atomic E-state index is 0.209. The number of carbonyl (C=O) groups excluding carboxylic acids is 1. The molecule has 0 unspecified atom stereocenters. The van der Waals surface area contributed by atoms with Crippen molar-refractivity contribution in [3.05, 3.63) is 34.2 Å². The zero-order chi connectivity index (χ0) is 14.2. The van der Waals surface area contributed by atoms with Crippen LogP contribution in [0.2, 0.25) is 0 Å². The Kier molecular flexibility index (Phi) is 3.18. The molecule has 0 aromatic carbocycles. The standard InChI is InChI=1S/C13H16N2O4/c1-13(12(18)19)6-3-7-15(13)11(17)9-4-5-10(16)14(2)8-9/h4-5,8H,3,6-7H2,1-2H3,(H,18,19)/t13-/m0/s1. The molecule has 0 saturated carbocycles. The van der Waals surface area contributed by atoms with Crippen LogP contribution in [0, 0.1) is 0 Å². The van der Waals surface area contributed by atoms with Gasteiger partial charge in [-0.05, 0) is 25.8 Å². The van der Waals surface area contributed by atoms with Crippen LogP contribution in [0.5, 0.6) is 0 Å². The Hall–Kier alpha value is -2.11. The first-order valence-corrected chi connectivity index (χ1v) is 6.08. The second-order valence-corrected chi connectivity index (χ2v) is 5.01. The molecule has 0 spiro atoms. The van der Waals surface area contributed by atoms with E-state index in [0.29, 0.717) is 24.9 Å². The van der Waals surface area contributed by atoms with E-state index in [1.807, 2.05) is 0 Å². The van der Waals surface area contributed by atoms with Gasteiger partial charge in [0.1, 0.15) is 5.54 Å². The van der Waals surface area contributed by atoms with Crippen molar-refractivity contribution in [3.8, 4) is 0 Å². The van der Waals surface area contributed by atoms with Crippen LogP contribution in [0.1, 0.15) is 30.1 Å². The lowest BCUT2D eigenvalue weighted by molar-refractivity contribution is -0.147. The van der Waals surface area contributed by atoms with Gasteiger partial charge in [-0.1, -0.05) is 0 Å². The highest BCUT2D eigenvalue weighted by Gasteiger charge is 2.46. The van der Waals surface area contributed by atoms with Crippen molar-refractivity contribution >= 4 is 11.9 Å². The molecule has 1 fully saturated rings. The van der Waals surface area contributed by atoms with Crippen molar-refractivity contribution in [1.29, 1.82) is 0 Å². The van der Waals surface area contributed by atoms with Gasteiger partial charge in [0.15, 0.2) is 0 Å². The van der Waals surface area contributed by atoms with E-state index in [2.05, 4.69) is 0 Å². The molecule has 19 heavy (non-hydrogen) atoms. The molecule has 1 amide bonds. The van der Waals surface area contributed by atoms with Crippen LogP contribution < -0.4 is 5.56 Å². The van der Waals surface area contributed by atoms with Crippen LogP contribution in [0.3, 0.4) is 0 Å². The fourth-order valence-electron chi connectivity index (χ4n) is 2.39. The minimum atomic E-state index is -1.16. The Morgan fingerprint density at radius 2 is 2.05 bits per heavy atom. The van der Waals surface area contributed by atoms with Gasteiger partial charge in [0, 0.05) is 25.9 Å². The maximum atomic E-state index is 12.4. The maximum absolute atomic E-state index is 12.4. The second kappa shape index (κ2) is 4.53. The van der Waals surface area contributed by atoms with Gasteiger partial charge >= 0.3 is 5.97 Å². The summed E-state index contributed by atoms with van der Waals surface area (Å²) in [5.41, 5.74) is -1.04. The molecule has 2 rings (SSSR count). The smallest absolute Gasteiger partial charge is 0.329 e. The van der Waals surface area contributed by atoms with Crippen molar-refractivity contribution in [2.75, 3.05) is 6.54 Å². The molecule has 102 valence electrons. The number of carbonyl (C=O) groups is 2. The molecule has 0 bridgehead atoms. The third-order valence-electron chi connectivity index (χ3n) is 3.68. The molecular weight excluding hydrogens is 248 g/mol. The fraction of sp³-hybridized carbons (Fsp3) is 0.462. The number of carboxylic acid groups (broad SMARTS) is 1. The number of aryl methyl sites for hydroxylation is 1. The van der Waals surface area contributed by atoms with Gasteiger partial charge in [-0.2, -0.15) is 0 Å². The normalized spacial score (nSPS) is 22.5. The van der Waals surface area contributed by atoms with E-state index in [9.17, 15) is 19.5 Å². The first-order valence-electron chi connectivity index (χ1n) is 6.08. The number of likely N-dealkylation sites (tertiary alicyclic amines) is 1. The monoisotopic (exact) mass is 264 g/mol. The molecule has 1 N–H and O–H groups in total. The Morgan fingerprint density at radius 1 is 1.37 bits per heavy atom. The highest BCUT2D eigenvalue weighted by molar-refractivity contribution is 5.97. The van der Waals surface area contributed by atoms with Crippen molar-refractivity contribution in [2.45, 2.75) is 25.3 Å². The second-order valence-electron chi connectivity index (χ2n) is 5.01. The number of amides is 1. The highest BCUT2D eigenvalue weighted by atomic mass is 16.4. The molecule has 1 aromatic rings. The molecular formula is C13H16N2O4. The van der Waals surface area contributed by atoms with Crippen LogP contribution >= 0.6 is 0 Å². The fourth-order valence-corrected chi connectivity index (χ4v) is 2.39. The average molecular weight is 264 g/mol. The molecule has 6 heteroatoms. The van der Waals surface area contributed by atoms with Gasteiger partial charge in [0.2, 0.25) is 5.56 Å². The van der Waals surface area contributed by atoms with Gasteiger partial charge in [0.05, 0.1) is 5.56 Å². The largest absolute Gasteiger partial charge is 0.480 e. The van der Waals surface area contributed by atoms with E-state index in [1.165, 1.54) is 27.8 Å². The van der Waals surface area contributed by atoms with Crippen LogP contribution in [-0.2, 0) is 11.8 Å². The molecule has 6 nitrogen and oxygen atoms in total. The van der Waals surface area contributed by atoms with E-state index in [4.69, 9.17) is 0 Å². The summed E-state index contributed by atoms with van der Waals surface area (Å²) in [6, 6.07) is 2.74. The summed E-state index contributed by atoms with van der Waals surface area (Å²) >= 11 is 0. The number of rotatable bonds is 2. The molecule has 0 aliphatic carbocycles. The molecule has 1 atom stereocenters. The highest BCUT2D eigenvalue weighted by Crippen LogP contribution is 2.30. The Bertz CT molecular complexity index is 593. The molecule has 1 saturated heterocycles. The zero-order valence-electron chi connectivity index (χ0n) is 10.9. The van der Waals surface area contributed by atoms with Crippen LogP contribution in [0.4, 0.5) is 0 Å².